The zero-order valence-electron chi connectivity index (χ0n) is 8.50. The van der Waals surface area contributed by atoms with Crippen LogP contribution in [0.2, 0.25) is 0 Å². The van der Waals surface area contributed by atoms with Crippen molar-refractivity contribution in [3.63, 3.8) is 0 Å². The van der Waals surface area contributed by atoms with Crippen LogP contribution >= 0.6 is 15.9 Å². The molecule has 0 heterocycles. The Morgan fingerprint density at radius 1 is 1.20 bits per heavy atom. The predicted molar refractivity (Wildman–Crippen MR) is 67.7 cm³/mol. The van der Waals surface area contributed by atoms with Gasteiger partial charge in [0.25, 0.3) is 0 Å². The molecule has 2 aliphatic carbocycles. The normalized spacial score (nSPS) is 22.5. The van der Waals surface area contributed by atoms with Gasteiger partial charge in [-0.2, -0.15) is 0 Å². The Morgan fingerprint density at radius 3 is 2.87 bits per heavy atom. The van der Waals surface area contributed by atoms with Crippen molar-refractivity contribution in [3.05, 3.63) is 63.7 Å². The summed E-state index contributed by atoms with van der Waals surface area (Å²) in [6, 6.07) is 8.63. The summed E-state index contributed by atoms with van der Waals surface area (Å²) in [5.41, 5.74) is 5.36. The summed E-state index contributed by atoms with van der Waals surface area (Å²) in [4.78, 5) is 0. The highest BCUT2D eigenvalue weighted by Gasteiger charge is 2.26. The molecule has 1 atom stereocenters. The molecule has 1 unspecified atom stereocenters. The predicted octanol–water partition coefficient (Wildman–Crippen LogP) is 4.23. The number of hydrogen-bond donors (Lipinski definition) is 0. The molecule has 74 valence electrons. The van der Waals surface area contributed by atoms with Crippen LogP contribution in [0.4, 0.5) is 0 Å². The summed E-state index contributed by atoms with van der Waals surface area (Å²) in [6.07, 6.45) is 6.83. The van der Waals surface area contributed by atoms with E-state index in [1.54, 1.807) is 0 Å². The topological polar surface area (TPSA) is 0 Å². The second-order valence-corrected chi connectivity index (χ2v) is 4.99. The first-order valence-electron chi connectivity index (χ1n) is 5.12. The molecule has 0 aromatic heterocycles. The Bertz CT molecular complexity index is 518. The molecule has 15 heavy (non-hydrogen) atoms. The van der Waals surface area contributed by atoms with E-state index in [4.69, 9.17) is 0 Å². The number of rotatable bonds is 1. The van der Waals surface area contributed by atoms with Crippen LogP contribution in [0.3, 0.4) is 0 Å². The van der Waals surface area contributed by atoms with E-state index < -0.39 is 0 Å². The van der Waals surface area contributed by atoms with E-state index >= 15 is 0 Å². The van der Waals surface area contributed by atoms with Crippen LogP contribution in [0.1, 0.15) is 11.1 Å². The Balaban J connectivity index is 2.07. The maximum Gasteiger partial charge on any atom is 0.0223 e. The number of allylic oxidation sites excluding steroid dienone is 6. The SMILES string of the molecule is Cc1cccc(C2=CC3=CC3C=C2Br)c1. The molecule has 2 aliphatic rings. The highest BCUT2D eigenvalue weighted by molar-refractivity contribution is 9.12. The maximum atomic E-state index is 3.64. The smallest absolute Gasteiger partial charge is 0.0223 e. The van der Waals surface area contributed by atoms with Crippen LogP contribution in [0, 0.1) is 12.8 Å². The van der Waals surface area contributed by atoms with Gasteiger partial charge in [-0.3, -0.25) is 0 Å². The maximum absolute atomic E-state index is 3.64. The zero-order valence-corrected chi connectivity index (χ0v) is 10.1. The molecule has 0 amide bonds. The van der Waals surface area contributed by atoms with Gasteiger partial charge in [0.15, 0.2) is 0 Å². The highest BCUT2D eigenvalue weighted by atomic mass is 79.9. The minimum absolute atomic E-state index is 0.605. The highest BCUT2D eigenvalue weighted by Crippen LogP contribution is 2.44. The molecule has 1 heteroatoms. The van der Waals surface area contributed by atoms with Crippen LogP contribution in [0.25, 0.3) is 5.57 Å². The van der Waals surface area contributed by atoms with Crippen LogP contribution < -0.4 is 0 Å². The quantitative estimate of drug-likeness (QED) is 0.708. The largest absolute Gasteiger partial charge is 0.0690 e. The van der Waals surface area contributed by atoms with Gasteiger partial charge in [0.1, 0.15) is 0 Å². The summed E-state index contributed by atoms with van der Waals surface area (Å²) in [6.45, 7) is 2.13. The molecule has 3 rings (SSSR count). The van der Waals surface area contributed by atoms with Crippen LogP contribution in [0.15, 0.2) is 52.5 Å². The molecule has 0 saturated carbocycles. The van der Waals surface area contributed by atoms with Gasteiger partial charge in [-0.25, -0.2) is 0 Å². The second kappa shape index (κ2) is 3.21. The monoisotopic (exact) mass is 258 g/mol. The minimum atomic E-state index is 0.605. The van der Waals surface area contributed by atoms with Gasteiger partial charge in [-0.05, 0) is 29.7 Å². The van der Waals surface area contributed by atoms with Crippen molar-refractivity contribution in [1.29, 1.82) is 0 Å². The van der Waals surface area contributed by atoms with E-state index in [1.807, 2.05) is 0 Å². The summed E-state index contributed by atoms with van der Waals surface area (Å²) >= 11 is 3.64. The molecular formula is C14H11Br. The summed E-state index contributed by atoms with van der Waals surface area (Å²) in [5, 5.41) is 0. The standard InChI is InChI=1S/C14H11Br/c1-9-3-2-4-10(5-9)13-7-11-6-12(11)8-14(13)15/h2-8,12H,1H3. The fraction of sp³-hybridized carbons (Fsp3) is 0.143. The van der Waals surface area contributed by atoms with Crippen LogP contribution in [-0.2, 0) is 0 Å². The number of hydrogen-bond acceptors (Lipinski definition) is 0. The number of aryl methyl sites for hydroxylation is 1. The molecule has 0 fully saturated rings. The lowest BCUT2D eigenvalue weighted by atomic mass is 9.98. The molecular weight excluding hydrogens is 248 g/mol. The van der Waals surface area contributed by atoms with E-state index in [2.05, 4.69) is 65.3 Å². The second-order valence-electron chi connectivity index (χ2n) is 4.13. The van der Waals surface area contributed by atoms with Gasteiger partial charge in [-0.15, -0.1) is 0 Å². The fourth-order valence-electron chi connectivity index (χ4n) is 1.96. The summed E-state index contributed by atoms with van der Waals surface area (Å²) < 4.78 is 1.22. The lowest BCUT2D eigenvalue weighted by molar-refractivity contribution is 1.19. The van der Waals surface area contributed by atoms with Gasteiger partial charge in [-0.1, -0.05) is 57.9 Å². The van der Waals surface area contributed by atoms with Crippen LogP contribution in [-0.4, -0.2) is 0 Å². The molecule has 0 saturated heterocycles. The van der Waals surface area contributed by atoms with E-state index in [0.717, 1.165) is 0 Å². The van der Waals surface area contributed by atoms with Crippen molar-refractivity contribution in [2.45, 2.75) is 6.92 Å². The summed E-state index contributed by atoms with van der Waals surface area (Å²) in [5.74, 6) is 0.605. The lowest BCUT2D eigenvalue weighted by Gasteiger charge is -2.11. The van der Waals surface area contributed by atoms with E-state index in [9.17, 15) is 0 Å². The Hall–Kier alpha value is -1.08. The molecule has 0 aliphatic heterocycles. The van der Waals surface area contributed by atoms with Crippen molar-refractivity contribution in [2.75, 3.05) is 0 Å². The Kier molecular flexibility index (Phi) is 1.96. The van der Waals surface area contributed by atoms with Crippen LogP contribution in [0.5, 0.6) is 0 Å². The van der Waals surface area contributed by atoms with Crippen molar-refractivity contribution in [3.8, 4) is 0 Å². The molecule has 0 radical (unpaired) electrons. The summed E-state index contributed by atoms with van der Waals surface area (Å²) in [7, 11) is 0. The molecule has 1 aromatic carbocycles. The molecule has 0 nitrogen and oxygen atoms in total. The third kappa shape index (κ3) is 1.61. The average Bonchev–Trinajstić information content (AvgIpc) is 2.94. The van der Waals surface area contributed by atoms with Gasteiger partial charge < -0.3 is 0 Å². The number of benzene rings is 1. The van der Waals surface area contributed by atoms with E-state index in [1.165, 1.54) is 26.8 Å². The van der Waals surface area contributed by atoms with Crippen molar-refractivity contribution < 1.29 is 0 Å². The molecule has 0 N–H and O–H groups in total. The number of fused-ring (bicyclic) bond motifs is 1. The minimum Gasteiger partial charge on any atom is -0.0690 e. The first-order chi connectivity index (χ1) is 7.24. The van der Waals surface area contributed by atoms with E-state index in [-0.39, 0.29) is 0 Å². The first-order valence-corrected chi connectivity index (χ1v) is 5.91. The third-order valence-corrected chi connectivity index (χ3v) is 3.56. The molecule has 0 spiro atoms. The Morgan fingerprint density at radius 2 is 2.07 bits per heavy atom. The van der Waals surface area contributed by atoms with Crippen molar-refractivity contribution in [1.82, 2.24) is 0 Å². The zero-order chi connectivity index (χ0) is 10.4. The average molecular weight is 259 g/mol. The van der Waals surface area contributed by atoms with Gasteiger partial charge in [0.05, 0.1) is 0 Å². The van der Waals surface area contributed by atoms with Gasteiger partial charge >= 0.3 is 0 Å². The lowest BCUT2D eigenvalue weighted by Crippen LogP contribution is -1.91. The first kappa shape index (κ1) is 9.17. The van der Waals surface area contributed by atoms with Crippen molar-refractivity contribution >= 4 is 21.5 Å². The Labute approximate surface area is 98.1 Å². The molecule has 1 aromatic rings. The fourth-order valence-corrected chi connectivity index (χ4v) is 2.59. The number of halogens is 1. The van der Waals surface area contributed by atoms with Crippen molar-refractivity contribution in [2.24, 2.45) is 5.92 Å². The van der Waals surface area contributed by atoms with E-state index in [0.29, 0.717) is 5.92 Å². The third-order valence-electron chi connectivity index (χ3n) is 2.87. The van der Waals surface area contributed by atoms with Gasteiger partial charge in [0.2, 0.25) is 0 Å². The van der Waals surface area contributed by atoms with Gasteiger partial charge in [0, 0.05) is 10.4 Å². The molecule has 0 bridgehead atoms.